The van der Waals surface area contributed by atoms with Crippen LogP contribution in [0.3, 0.4) is 0 Å². The molecule has 0 aliphatic heterocycles. The molecule has 2 bridgehead atoms. The number of hydrogen-bond acceptors (Lipinski definition) is 3. The Hall–Kier alpha value is -1.78. The largest absolute Gasteiger partial charge is 0.475 e. The first-order valence-electron chi connectivity index (χ1n) is 6.73. The minimum Gasteiger partial charge on any atom is -0.475 e. The van der Waals surface area contributed by atoms with Crippen LogP contribution in [0.1, 0.15) is 42.0 Å². The molecule has 1 heterocycles. The lowest BCUT2D eigenvalue weighted by Crippen LogP contribution is -2.33. The second-order valence-electron chi connectivity index (χ2n) is 5.57. The van der Waals surface area contributed by atoms with Crippen molar-refractivity contribution >= 4 is 11.9 Å². The number of furan rings is 1. The van der Waals surface area contributed by atoms with Crippen molar-refractivity contribution in [1.82, 2.24) is 5.32 Å². The fraction of sp³-hybridized carbons (Fsp3) is 0.571. The molecule has 3 atom stereocenters. The third kappa shape index (κ3) is 2.37. The van der Waals surface area contributed by atoms with Gasteiger partial charge in [-0.25, -0.2) is 4.79 Å². The maximum atomic E-state index is 12.1. The van der Waals surface area contributed by atoms with E-state index in [-0.39, 0.29) is 24.1 Å². The number of carbonyl (C=O) groups is 2. The zero-order chi connectivity index (χ0) is 13.4. The van der Waals surface area contributed by atoms with Crippen molar-refractivity contribution in [1.29, 1.82) is 0 Å². The summed E-state index contributed by atoms with van der Waals surface area (Å²) < 4.78 is 5.11. The topological polar surface area (TPSA) is 79.5 Å². The van der Waals surface area contributed by atoms with Crippen LogP contribution in [-0.2, 0) is 11.3 Å². The zero-order valence-electron chi connectivity index (χ0n) is 10.6. The van der Waals surface area contributed by atoms with Crippen LogP contribution >= 0.6 is 0 Å². The van der Waals surface area contributed by atoms with Gasteiger partial charge in [-0.1, -0.05) is 6.42 Å². The molecule has 1 amide bonds. The summed E-state index contributed by atoms with van der Waals surface area (Å²) in [6.07, 6.45) is 4.65. The second kappa shape index (κ2) is 4.72. The summed E-state index contributed by atoms with van der Waals surface area (Å²) in [4.78, 5) is 22.7. The summed E-state index contributed by atoms with van der Waals surface area (Å²) in [6.45, 7) is 0.264. The van der Waals surface area contributed by atoms with Crippen LogP contribution in [0.2, 0.25) is 0 Å². The van der Waals surface area contributed by atoms with Gasteiger partial charge in [0.15, 0.2) is 0 Å². The highest BCUT2D eigenvalue weighted by Crippen LogP contribution is 2.48. The lowest BCUT2D eigenvalue weighted by Gasteiger charge is -2.20. The molecule has 19 heavy (non-hydrogen) atoms. The van der Waals surface area contributed by atoms with Crippen LogP contribution in [0.15, 0.2) is 16.5 Å². The van der Waals surface area contributed by atoms with Crippen molar-refractivity contribution in [3.63, 3.8) is 0 Å². The molecule has 5 heteroatoms. The Morgan fingerprint density at radius 2 is 2.16 bits per heavy atom. The summed E-state index contributed by atoms with van der Waals surface area (Å²) in [5.74, 6) is 0.816. The van der Waals surface area contributed by atoms with Crippen LogP contribution in [0, 0.1) is 17.8 Å². The van der Waals surface area contributed by atoms with Crippen molar-refractivity contribution in [2.75, 3.05) is 0 Å². The van der Waals surface area contributed by atoms with Crippen LogP contribution in [0.4, 0.5) is 0 Å². The summed E-state index contributed by atoms with van der Waals surface area (Å²) in [6, 6.07) is 2.99. The quantitative estimate of drug-likeness (QED) is 0.871. The van der Waals surface area contributed by atoms with E-state index >= 15 is 0 Å². The Morgan fingerprint density at radius 3 is 2.74 bits per heavy atom. The minimum atomic E-state index is -1.09. The number of aromatic carboxylic acids is 1. The molecule has 2 aliphatic carbocycles. The van der Waals surface area contributed by atoms with Crippen LogP contribution in [0.5, 0.6) is 0 Å². The van der Waals surface area contributed by atoms with Crippen LogP contribution in [0.25, 0.3) is 0 Å². The van der Waals surface area contributed by atoms with Gasteiger partial charge >= 0.3 is 5.97 Å². The molecular weight excluding hydrogens is 246 g/mol. The number of fused-ring (bicyclic) bond motifs is 2. The first-order chi connectivity index (χ1) is 9.13. The molecule has 102 valence electrons. The highest BCUT2D eigenvalue weighted by molar-refractivity contribution is 5.84. The van der Waals surface area contributed by atoms with Gasteiger partial charge in [-0.05, 0) is 43.2 Å². The molecule has 2 N–H and O–H groups in total. The normalized spacial score (nSPS) is 28.5. The molecule has 1 aromatic rings. The van der Waals surface area contributed by atoms with E-state index in [1.54, 1.807) is 6.07 Å². The average molecular weight is 263 g/mol. The van der Waals surface area contributed by atoms with Crippen molar-refractivity contribution in [3.05, 3.63) is 23.7 Å². The zero-order valence-corrected chi connectivity index (χ0v) is 10.6. The van der Waals surface area contributed by atoms with Crippen molar-refractivity contribution in [2.45, 2.75) is 32.2 Å². The molecule has 2 aliphatic rings. The Kier molecular flexibility index (Phi) is 3.05. The van der Waals surface area contributed by atoms with E-state index < -0.39 is 5.97 Å². The van der Waals surface area contributed by atoms with Gasteiger partial charge < -0.3 is 14.8 Å². The van der Waals surface area contributed by atoms with Gasteiger partial charge in [0.25, 0.3) is 0 Å². The summed E-state index contributed by atoms with van der Waals surface area (Å²) >= 11 is 0. The molecule has 2 saturated carbocycles. The maximum absolute atomic E-state index is 12.1. The summed E-state index contributed by atoms with van der Waals surface area (Å²) in [5, 5.41) is 11.6. The summed E-state index contributed by atoms with van der Waals surface area (Å²) in [5.41, 5.74) is 0. The molecular formula is C14H17NO4. The van der Waals surface area contributed by atoms with Gasteiger partial charge in [0.05, 0.1) is 6.54 Å². The predicted octanol–water partition coefficient (Wildman–Crippen LogP) is 2.03. The predicted molar refractivity (Wildman–Crippen MR) is 66.5 cm³/mol. The Balaban J connectivity index is 1.54. The fourth-order valence-electron chi connectivity index (χ4n) is 3.46. The molecule has 0 spiro atoms. The highest BCUT2D eigenvalue weighted by Gasteiger charge is 2.42. The molecule has 0 saturated heterocycles. The lowest BCUT2D eigenvalue weighted by molar-refractivity contribution is -0.126. The van der Waals surface area contributed by atoms with E-state index in [1.807, 2.05) is 0 Å². The third-order valence-corrected chi connectivity index (χ3v) is 4.38. The maximum Gasteiger partial charge on any atom is 0.371 e. The number of carboxylic acids is 1. The molecule has 5 nitrogen and oxygen atoms in total. The van der Waals surface area contributed by atoms with Gasteiger partial charge in [0.1, 0.15) is 5.76 Å². The van der Waals surface area contributed by atoms with Gasteiger partial charge in [-0.15, -0.1) is 0 Å². The first-order valence-corrected chi connectivity index (χ1v) is 6.73. The number of carboxylic acid groups (broad SMARTS) is 1. The molecule has 0 radical (unpaired) electrons. The standard InChI is InChI=1S/C14H17NO4/c16-13(11-6-8-1-2-9(11)5-8)15-7-10-3-4-12(19-10)14(17)18/h3-4,8-9,11H,1-2,5-7H2,(H,15,16)(H,17,18). The van der Waals surface area contributed by atoms with E-state index in [2.05, 4.69) is 5.32 Å². The number of hydrogen-bond donors (Lipinski definition) is 2. The van der Waals surface area contributed by atoms with Gasteiger partial charge in [0, 0.05) is 5.92 Å². The Labute approximate surface area is 111 Å². The van der Waals surface area contributed by atoms with Crippen LogP contribution < -0.4 is 5.32 Å². The minimum absolute atomic E-state index is 0.0838. The van der Waals surface area contributed by atoms with Crippen molar-refractivity contribution in [2.24, 2.45) is 17.8 Å². The number of rotatable bonds is 4. The van der Waals surface area contributed by atoms with Gasteiger partial charge in [0.2, 0.25) is 11.7 Å². The SMILES string of the molecule is O=C(O)c1ccc(CNC(=O)C2CC3CCC2C3)o1. The van der Waals surface area contributed by atoms with E-state index in [9.17, 15) is 9.59 Å². The van der Waals surface area contributed by atoms with E-state index in [1.165, 1.54) is 25.3 Å². The Morgan fingerprint density at radius 1 is 1.32 bits per heavy atom. The number of carbonyl (C=O) groups excluding carboxylic acids is 1. The molecule has 3 unspecified atom stereocenters. The molecule has 3 rings (SSSR count). The van der Waals surface area contributed by atoms with Crippen molar-refractivity contribution < 1.29 is 19.1 Å². The van der Waals surface area contributed by atoms with E-state index in [4.69, 9.17) is 9.52 Å². The number of nitrogens with one attached hydrogen (secondary N) is 1. The Bertz CT molecular complexity index is 507. The third-order valence-electron chi connectivity index (χ3n) is 4.38. The molecule has 0 aromatic carbocycles. The monoisotopic (exact) mass is 263 g/mol. The first kappa shape index (κ1) is 12.3. The average Bonchev–Trinajstić information content (AvgIpc) is 3.11. The van der Waals surface area contributed by atoms with Gasteiger partial charge in [-0.3, -0.25) is 4.79 Å². The van der Waals surface area contributed by atoms with Gasteiger partial charge in [-0.2, -0.15) is 0 Å². The van der Waals surface area contributed by atoms with E-state index in [0.29, 0.717) is 11.7 Å². The smallest absolute Gasteiger partial charge is 0.371 e. The highest BCUT2D eigenvalue weighted by atomic mass is 16.4. The number of amides is 1. The lowest BCUT2D eigenvalue weighted by atomic mass is 9.88. The molecule has 1 aromatic heterocycles. The molecule has 2 fully saturated rings. The summed E-state index contributed by atoms with van der Waals surface area (Å²) in [7, 11) is 0. The second-order valence-corrected chi connectivity index (χ2v) is 5.57. The fourth-order valence-corrected chi connectivity index (χ4v) is 3.46. The van der Waals surface area contributed by atoms with Crippen LogP contribution in [-0.4, -0.2) is 17.0 Å². The van der Waals surface area contributed by atoms with Crippen molar-refractivity contribution in [3.8, 4) is 0 Å². The van der Waals surface area contributed by atoms with E-state index in [0.717, 1.165) is 12.3 Å².